The highest BCUT2D eigenvalue weighted by Crippen LogP contribution is 2.25. The van der Waals surface area contributed by atoms with E-state index in [0.717, 1.165) is 11.3 Å². The van der Waals surface area contributed by atoms with E-state index in [0.29, 0.717) is 12.1 Å². The summed E-state index contributed by atoms with van der Waals surface area (Å²) >= 11 is 1.70. The predicted octanol–water partition coefficient (Wildman–Crippen LogP) is 4.47. The number of para-hydroxylation sites is 1. The normalized spacial score (nSPS) is 10.4. The number of nitrogens with one attached hydrogen (secondary N) is 1. The van der Waals surface area contributed by atoms with Gasteiger partial charge in [-0.25, -0.2) is 4.39 Å². The highest BCUT2D eigenvalue weighted by atomic mass is 32.2. The lowest BCUT2D eigenvalue weighted by atomic mass is 10.1. The van der Waals surface area contributed by atoms with Gasteiger partial charge in [-0.05, 0) is 42.5 Å². The van der Waals surface area contributed by atoms with E-state index < -0.39 is 0 Å². The van der Waals surface area contributed by atoms with Crippen molar-refractivity contribution in [3.05, 3.63) is 59.4 Å². The number of benzene rings is 2. The molecule has 0 aliphatic carbocycles. The largest absolute Gasteiger partial charge is 0.380 e. The summed E-state index contributed by atoms with van der Waals surface area (Å²) < 4.78 is 13.4. The zero-order chi connectivity index (χ0) is 13.0. The summed E-state index contributed by atoms with van der Waals surface area (Å²) in [6, 6.07) is 13.5. The highest BCUT2D eigenvalue weighted by molar-refractivity contribution is 7.98. The van der Waals surface area contributed by atoms with Gasteiger partial charge < -0.3 is 5.32 Å². The molecule has 0 aliphatic heterocycles. The first-order chi connectivity index (χ1) is 8.70. The second-order valence-corrected chi connectivity index (χ2v) is 4.99. The first-order valence-electron chi connectivity index (χ1n) is 5.82. The number of anilines is 1. The molecule has 94 valence electrons. The molecule has 1 N–H and O–H groups in total. The van der Waals surface area contributed by atoms with Crippen LogP contribution in [0.1, 0.15) is 11.1 Å². The maximum absolute atomic E-state index is 13.4. The van der Waals surface area contributed by atoms with Crippen LogP contribution in [0.4, 0.5) is 10.1 Å². The lowest BCUT2D eigenvalue weighted by Crippen LogP contribution is -2.01. The average Bonchev–Trinajstić information content (AvgIpc) is 2.40. The monoisotopic (exact) mass is 261 g/mol. The molecular weight excluding hydrogens is 245 g/mol. The van der Waals surface area contributed by atoms with Gasteiger partial charge in [-0.15, -0.1) is 11.8 Å². The van der Waals surface area contributed by atoms with Gasteiger partial charge in [0.25, 0.3) is 0 Å². The molecule has 2 rings (SSSR count). The number of halogens is 1. The summed E-state index contributed by atoms with van der Waals surface area (Å²) in [6.07, 6.45) is 2.05. The lowest BCUT2D eigenvalue weighted by Gasteiger charge is -2.10. The minimum atomic E-state index is -0.146. The molecule has 0 aromatic heterocycles. The number of aryl methyl sites for hydroxylation is 1. The van der Waals surface area contributed by atoms with Crippen molar-refractivity contribution in [2.45, 2.75) is 18.4 Å². The summed E-state index contributed by atoms with van der Waals surface area (Å²) in [4.78, 5) is 1.20. The van der Waals surface area contributed by atoms with E-state index >= 15 is 0 Å². The molecule has 0 heterocycles. The van der Waals surface area contributed by atoms with Crippen LogP contribution in [0.25, 0.3) is 0 Å². The third-order valence-electron chi connectivity index (χ3n) is 2.83. The van der Waals surface area contributed by atoms with Gasteiger partial charge in [-0.2, -0.15) is 0 Å². The molecule has 18 heavy (non-hydrogen) atoms. The Kier molecular flexibility index (Phi) is 4.26. The van der Waals surface area contributed by atoms with Gasteiger partial charge in [0.2, 0.25) is 0 Å². The Balaban J connectivity index is 2.09. The molecular formula is C15H16FNS. The van der Waals surface area contributed by atoms with Gasteiger partial charge in [0, 0.05) is 17.1 Å². The van der Waals surface area contributed by atoms with Crippen LogP contribution in [0.15, 0.2) is 47.4 Å². The predicted molar refractivity (Wildman–Crippen MR) is 76.7 cm³/mol. The SMILES string of the molecule is CSc1ccccc1NCc1ccc(C)c(F)c1. The van der Waals surface area contributed by atoms with Crippen LogP contribution in [-0.4, -0.2) is 6.26 Å². The van der Waals surface area contributed by atoms with E-state index in [4.69, 9.17) is 0 Å². The summed E-state index contributed by atoms with van der Waals surface area (Å²) in [6.45, 7) is 2.41. The summed E-state index contributed by atoms with van der Waals surface area (Å²) in [5, 5.41) is 3.34. The van der Waals surface area contributed by atoms with E-state index in [1.165, 1.54) is 4.90 Å². The van der Waals surface area contributed by atoms with Gasteiger partial charge in [0.15, 0.2) is 0 Å². The molecule has 0 fully saturated rings. The molecule has 0 amide bonds. The lowest BCUT2D eigenvalue weighted by molar-refractivity contribution is 0.616. The highest BCUT2D eigenvalue weighted by Gasteiger charge is 2.02. The third kappa shape index (κ3) is 3.05. The van der Waals surface area contributed by atoms with Crippen molar-refractivity contribution in [3.63, 3.8) is 0 Å². The Morgan fingerprint density at radius 3 is 2.67 bits per heavy atom. The van der Waals surface area contributed by atoms with Crippen molar-refractivity contribution in [1.82, 2.24) is 0 Å². The first kappa shape index (κ1) is 13.0. The number of hydrogen-bond acceptors (Lipinski definition) is 2. The van der Waals surface area contributed by atoms with Crippen LogP contribution in [-0.2, 0) is 6.54 Å². The van der Waals surface area contributed by atoms with E-state index in [-0.39, 0.29) is 5.82 Å². The summed E-state index contributed by atoms with van der Waals surface area (Å²) in [5.41, 5.74) is 2.73. The molecule has 1 nitrogen and oxygen atoms in total. The minimum Gasteiger partial charge on any atom is -0.380 e. The smallest absolute Gasteiger partial charge is 0.126 e. The summed E-state index contributed by atoms with van der Waals surface area (Å²) in [7, 11) is 0. The first-order valence-corrected chi connectivity index (χ1v) is 7.05. The fourth-order valence-corrected chi connectivity index (χ4v) is 2.31. The Labute approximate surface area is 111 Å². The fourth-order valence-electron chi connectivity index (χ4n) is 1.73. The number of hydrogen-bond donors (Lipinski definition) is 1. The second-order valence-electron chi connectivity index (χ2n) is 4.14. The number of rotatable bonds is 4. The van der Waals surface area contributed by atoms with E-state index in [1.54, 1.807) is 24.8 Å². The molecule has 0 unspecified atom stereocenters. The second kappa shape index (κ2) is 5.91. The van der Waals surface area contributed by atoms with Crippen molar-refractivity contribution >= 4 is 17.4 Å². The van der Waals surface area contributed by atoms with Crippen LogP contribution in [0.3, 0.4) is 0 Å². The zero-order valence-corrected chi connectivity index (χ0v) is 11.4. The molecule has 0 atom stereocenters. The van der Waals surface area contributed by atoms with Crippen molar-refractivity contribution in [2.24, 2.45) is 0 Å². The fraction of sp³-hybridized carbons (Fsp3) is 0.200. The van der Waals surface area contributed by atoms with Gasteiger partial charge in [-0.1, -0.05) is 24.3 Å². The molecule has 2 aromatic rings. The van der Waals surface area contributed by atoms with Crippen LogP contribution >= 0.6 is 11.8 Å². The van der Waals surface area contributed by atoms with Crippen molar-refractivity contribution in [1.29, 1.82) is 0 Å². The van der Waals surface area contributed by atoms with Crippen LogP contribution in [0, 0.1) is 12.7 Å². The molecule has 2 aromatic carbocycles. The molecule has 0 radical (unpaired) electrons. The Bertz CT molecular complexity index is 540. The van der Waals surface area contributed by atoms with Crippen LogP contribution in [0.2, 0.25) is 0 Å². The standard InChI is InChI=1S/C15H16FNS/c1-11-7-8-12(9-13(11)16)10-17-14-5-3-4-6-15(14)18-2/h3-9,17H,10H2,1-2H3. The molecule has 0 bridgehead atoms. The van der Waals surface area contributed by atoms with Gasteiger partial charge in [-0.3, -0.25) is 0 Å². The van der Waals surface area contributed by atoms with Crippen molar-refractivity contribution in [2.75, 3.05) is 11.6 Å². The Hall–Kier alpha value is -1.48. The van der Waals surface area contributed by atoms with E-state index in [2.05, 4.69) is 11.4 Å². The average molecular weight is 261 g/mol. The van der Waals surface area contributed by atoms with Crippen LogP contribution in [0.5, 0.6) is 0 Å². The Morgan fingerprint density at radius 1 is 1.17 bits per heavy atom. The number of thioether (sulfide) groups is 1. The van der Waals surface area contributed by atoms with Crippen molar-refractivity contribution < 1.29 is 4.39 Å². The van der Waals surface area contributed by atoms with Gasteiger partial charge in [0.05, 0.1) is 0 Å². The van der Waals surface area contributed by atoms with Crippen molar-refractivity contribution in [3.8, 4) is 0 Å². The topological polar surface area (TPSA) is 12.0 Å². The van der Waals surface area contributed by atoms with Gasteiger partial charge in [0.1, 0.15) is 5.82 Å². The third-order valence-corrected chi connectivity index (χ3v) is 3.62. The van der Waals surface area contributed by atoms with Gasteiger partial charge >= 0.3 is 0 Å². The van der Waals surface area contributed by atoms with Crippen LogP contribution < -0.4 is 5.32 Å². The molecule has 3 heteroatoms. The molecule has 0 aliphatic rings. The molecule has 0 spiro atoms. The zero-order valence-electron chi connectivity index (χ0n) is 10.5. The van der Waals surface area contributed by atoms with E-state index in [1.807, 2.05) is 36.6 Å². The Morgan fingerprint density at radius 2 is 1.94 bits per heavy atom. The molecule has 0 saturated carbocycles. The maximum atomic E-state index is 13.4. The molecule has 0 saturated heterocycles. The maximum Gasteiger partial charge on any atom is 0.126 e. The van der Waals surface area contributed by atoms with E-state index in [9.17, 15) is 4.39 Å². The quantitative estimate of drug-likeness (QED) is 0.815. The minimum absolute atomic E-state index is 0.146. The summed E-state index contributed by atoms with van der Waals surface area (Å²) in [5.74, 6) is -0.146.